The maximum absolute atomic E-state index is 6.20. The van der Waals surface area contributed by atoms with Gasteiger partial charge in [-0.15, -0.1) is 32.9 Å². The third kappa shape index (κ3) is 3.84. The van der Waals surface area contributed by atoms with Crippen molar-refractivity contribution in [3.8, 4) is 0 Å². The first kappa shape index (κ1) is 25.9. The van der Waals surface area contributed by atoms with Crippen LogP contribution in [0.3, 0.4) is 0 Å². The van der Waals surface area contributed by atoms with Crippen molar-refractivity contribution < 1.29 is 8.94 Å². The van der Waals surface area contributed by atoms with E-state index < -0.39 is 11.3 Å². The number of nitrogens with one attached hydrogen (secondary N) is 2. The lowest BCUT2D eigenvalue weighted by Crippen LogP contribution is -2.42. The molecule has 0 saturated heterocycles. The number of aromatic nitrogens is 12. The van der Waals surface area contributed by atoms with Crippen LogP contribution in [-0.2, 0) is 5.41 Å². The fraction of sp³-hybridized carbons (Fsp3) is 0.0714. The molecule has 7 aromatic heterocycles. The van der Waals surface area contributed by atoms with Crippen LogP contribution in [0.5, 0.6) is 0 Å². The van der Waals surface area contributed by atoms with Gasteiger partial charge >= 0.3 is 0 Å². The molecule has 0 radical (unpaired) electrons. The van der Waals surface area contributed by atoms with Crippen molar-refractivity contribution in [2.45, 2.75) is 11.3 Å². The van der Waals surface area contributed by atoms with Gasteiger partial charge in [0.1, 0.15) is 39.3 Å². The third-order valence-electron chi connectivity index (χ3n) is 7.68. The van der Waals surface area contributed by atoms with Gasteiger partial charge in [0, 0.05) is 45.3 Å². The Morgan fingerprint density at radius 1 is 0.889 bits per heavy atom. The molecule has 0 spiro atoms. The number of tetrazole rings is 1. The first-order valence-electron chi connectivity index (χ1n) is 13.4. The molecule has 2 unspecified atom stereocenters. The Morgan fingerprint density at radius 3 is 2.58 bits per heavy atom. The third-order valence-corrected chi connectivity index (χ3v) is 10.1. The number of oxazole rings is 1. The van der Waals surface area contributed by atoms with Gasteiger partial charge in [-0.2, -0.15) is 25.0 Å². The maximum atomic E-state index is 6.20. The highest BCUT2D eigenvalue weighted by Crippen LogP contribution is 2.65. The summed E-state index contributed by atoms with van der Waals surface area (Å²) < 4.78 is 17.6. The molecule has 0 amide bonds. The standard InChI is InChI=1S/C28H16N12O2S3/c1-2-4-16-14(3-1)32-27(45-16)21-19(15-6-11-44-37-15)20(26-30-8-12-43-26)22(24-34-39-40-35-24)28(17-5-9-42-36-17,18-13-31-38-33-18)23(21)25-29-7-10-41-25/h1-13,23H,(H,31,33,38)(H,34,35,39,40). The average molecular weight is 649 g/mol. The molecular weight excluding hydrogens is 633 g/mol. The number of thiazole rings is 2. The Balaban J connectivity index is 1.56. The van der Waals surface area contributed by atoms with E-state index in [0.29, 0.717) is 45.0 Å². The molecule has 218 valence electrons. The number of H-pyrrole nitrogens is 2. The van der Waals surface area contributed by atoms with Crippen molar-refractivity contribution in [3.05, 3.63) is 117 Å². The number of nitrogens with zero attached hydrogens (tertiary/aromatic N) is 10. The quantitative estimate of drug-likeness (QED) is 0.233. The second-order valence-electron chi connectivity index (χ2n) is 9.83. The van der Waals surface area contributed by atoms with Gasteiger partial charge in [0.15, 0.2) is 0 Å². The summed E-state index contributed by atoms with van der Waals surface area (Å²) in [5.74, 6) is -0.0850. The van der Waals surface area contributed by atoms with E-state index in [1.54, 1.807) is 36.0 Å². The maximum Gasteiger partial charge on any atom is 0.203 e. The topological polar surface area (TPSA) is 187 Å². The smallest absolute Gasteiger partial charge is 0.203 e. The number of aromatic amines is 2. The minimum Gasteiger partial charge on any atom is -0.448 e. The Labute approximate surface area is 263 Å². The molecule has 1 aliphatic carbocycles. The molecule has 8 aromatic rings. The lowest BCUT2D eigenvalue weighted by atomic mass is 9.57. The summed E-state index contributed by atoms with van der Waals surface area (Å²) >= 11 is 4.37. The summed E-state index contributed by atoms with van der Waals surface area (Å²) in [5.41, 5.74) is 4.06. The molecule has 17 heteroatoms. The molecule has 0 bridgehead atoms. The van der Waals surface area contributed by atoms with Crippen LogP contribution >= 0.6 is 34.2 Å². The molecule has 1 aliphatic rings. The summed E-state index contributed by atoms with van der Waals surface area (Å²) in [4.78, 5) is 14.7. The van der Waals surface area contributed by atoms with Crippen molar-refractivity contribution in [2.75, 3.05) is 0 Å². The van der Waals surface area contributed by atoms with Crippen molar-refractivity contribution in [3.63, 3.8) is 0 Å². The second-order valence-corrected chi connectivity index (χ2v) is 12.4. The number of benzene rings is 1. The Hall–Kier alpha value is -5.52. The summed E-state index contributed by atoms with van der Waals surface area (Å²) in [7, 11) is 0. The van der Waals surface area contributed by atoms with Crippen LogP contribution in [-0.4, -0.2) is 60.5 Å². The van der Waals surface area contributed by atoms with E-state index in [1.807, 2.05) is 41.1 Å². The second kappa shape index (κ2) is 10.3. The number of hydrogen-bond donors (Lipinski definition) is 2. The Morgan fingerprint density at radius 2 is 1.87 bits per heavy atom. The summed E-state index contributed by atoms with van der Waals surface area (Å²) in [6, 6.07) is 11.8. The van der Waals surface area contributed by atoms with E-state index in [9.17, 15) is 0 Å². The van der Waals surface area contributed by atoms with E-state index >= 15 is 0 Å². The molecular formula is C28H16N12O2S3. The fourth-order valence-electron chi connectivity index (χ4n) is 6.08. The number of fused-ring (bicyclic) bond motifs is 1. The average Bonchev–Trinajstić information content (AvgIpc) is 3.93. The van der Waals surface area contributed by atoms with Gasteiger partial charge < -0.3 is 8.94 Å². The highest BCUT2D eigenvalue weighted by atomic mass is 32.1. The van der Waals surface area contributed by atoms with Gasteiger partial charge in [-0.25, -0.2) is 15.0 Å². The van der Waals surface area contributed by atoms with Crippen LogP contribution in [0, 0.1) is 0 Å². The van der Waals surface area contributed by atoms with Crippen LogP contribution in [0.25, 0.3) is 32.5 Å². The Bertz CT molecular complexity index is 2200. The zero-order chi connectivity index (χ0) is 29.8. The lowest BCUT2D eigenvalue weighted by molar-refractivity contribution is 0.379. The predicted octanol–water partition coefficient (Wildman–Crippen LogP) is 5.12. The van der Waals surface area contributed by atoms with Crippen LogP contribution in [0.15, 0.2) is 87.2 Å². The van der Waals surface area contributed by atoms with Crippen molar-refractivity contribution in [2.24, 2.45) is 0 Å². The van der Waals surface area contributed by atoms with Crippen molar-refractivity contribution in [1.82, 2.24) is 60.5 Å². The summed E-state index contributed by atoms with van der Waals surface area (Å²) in [6.07, 6.45) is 8.06. The van der Waals surface area contributed by atoms with E-state index in [-0.39, 0.29) is 0 Å². The van der Waals surface area contributed by atoms with Crippen LogP contribution in [0.2, 0.25) is 0 Å². The van der Waals surface area contributed by atoms with Gasteiger partial charge in [0.05, 0.1) is 34.2 Å². The van der Waals surface area contributed by atoms with Crippen molar-refractivity contribution in [1.29, 1.82) is 0 Å². The van der Waals surface area contributed by atoms with Crippen LogP contribution in [0.1, 0.15) is 44.7 Å². The summed E-state index contributed by atoms with van der Waals surface area (Å²) in [5, 5.41) is 37.2. The first-order valence-corrected chi connectivity index (χ1v) is 15.9. The van der Waals surface area contributed by atoms with Crippen LogP contribution in [0.4, 0.5) is 0 Å². The monoisotopic (exact) mass is 648 g/mol. The minimum atomic E-state index is -1.34. The molecule has 9 rings (SSSR count). The van der Waals surface area contributed by atoms with E-state index in [1.165, 1.54) is 35.4 Å². The minimum absolute atomic E-state index is 0.291. The van der Waals surface area contributed by atoms with E-state index in [4.69, 9.17) is 28.3 Å². The number of hydrogen-bond acceptors (Lipinski definition) is 15. The number of para-hydroxylation sites is 1. The SMILES string of the molecule is c1ccc2sc(C3=C(c4ccsn4)C(c4nccs4)=C(c4nn[nH]n4)C(c4cn[nH]n4)(c4ccon4)C3c3ncco3)nc2c1. The zero-order valence-corrected chi connectivity index (χ0v) is 25.0. The van der Waals surface area contributed by atoms with Crippen molar-refractivity contribution >= 4 is 66.7 Å². The molecule has 1 aromatic carbocycles. The number of allylic oxidation sites excluding steroid dienone is 4. The lowest BCUT2D eigenvalue weighted by Gasteiger charge is -2.43. The van der Waals surface area contributed by atoms with Gasteiger partial charge in [-0.1, -0.05) is 17.3 Å². The van der Waals surface area contributed by atoms with Gasteiger partial charge in [0.25, 0.3) is 0 Å². The molecule has 45 heavy (non-hydrogen) atoms. The summed E-state index contributed by atoms with van der Waals surface area (Å²) in [6.45, 7) is 0. The molecule has 0 aliphatic heterocycles. The molecule has 2 atom stereocenters. The highest BCUT2D eigenvalue weighted by Gasteiger charge is 2.60. The molecule has 0 saturated carbocycles. The van der Waals surface area contributed by atoms with E-state index in [2.05, 4.69) is 41.2 Å². The first-order chi connectivity index (χ1) is 22.3. The molecule has 14 nitrogen and oxygen atoms in total. The zero-order valence-electron chi connectivity index (χ0n) is 22.6. The normalized spacial score (nSPS) is 18.8. The van der Waals surface area contributed by atoms with Gasteiger partial charge in [-0.3, -0.25) is 0 Å². The number of rotatable bonds is 7. The molecule has 2 N–H and O–H groups in total. The van der Waals surface area contributed by atoms with Crippen LogP contribution < -0.4 is 0 Å². The van der Waals surface area contributed by atoms with Gasteiger partial charge in [0.2, 0.25) is 11.7 Å². The predicted molar refractivity (Wildman–Crippen MR) is 165 cm³/mol. The highest BCUT2D eigenvalue weighted by molar-refractivity contribution is 7.19. The largest absolute Gasteiger partial charge is 0.448 e. The fourth-order valence-corrected chi connectivity index (χ4v) is 8.34. The Kier molecular flexibility index (Phi) is 5.93. The molecule has 0 fully saturated rings. The van der Waals surface area contributed by atoms with E-state index in [0.717, 1.165) is 26.4 Å². The molecule has 7 heterocycles. The van der Waals surface area contributed by atoms with Gasteiger partial charge in [-0.05, 0) is 34.9 Å².